The fraction of sp³-hybridized carbons (Fsp3) is 0.625. The number of amides is 1. The van der Waals surface area contributed by atoms with Crippen LogP contribution in [0.4, 0.5) is 0 Å². The average molecular weight is 273 g/mol. The van der Waals surface area contributed by atoms with Crippen molar-refractivity contribution in [3.05, 3.63) is 30.1 Å². The maximum atomic E-state index is 12.0. The van der Waals surface area contributed by atoms with Crippen molar-refractivity contribution in [3.63, 3.8) is 0 Å². The monoisotopic (exact) mass is 273 g/mol. The lowest BCUT2D eigenvalue weighted by atomic mass is 9.99. The third-order valence-corrected chi connectivity index (χ3v) is 4.44. The Morgan fingerprint density at radius 3 is 3.15 bits per heavy atom. The summed E-state index contributed by atoms with van der Waals surface area (Å²) < 4.78 is 0. The highest BCUT2D eigenvalue weighted by Gasteiger charge is 2.31. The molecule has 2 aliphatic rings. The summed E-state index contributed by atoms with van der Waals surface area (Å²) in [5, 5.41) is 3.19. The summed E-state index contributed by atoms with van der Waals surface area (Å²) in [6, 6.07) is 4.50. The minimum atomic E-state index is 0.209. The highest BCUT2D eigenvalue weighted by molar-refractivity contribution is 5.79. The van der Waals surface area contributed by atoms with Gasteiger partial charge in [0.1, 0.15) is 0 Å². The largest absolute Gasteiger partial charge is 0.352 e. The van der Waals surface area contributed by atoms with E-state index in [9.17, 15) is 4.79 Å². The maximum absolute atomic E-state index is 12.0. The van der Waals surface area contributed by atoms with Crippen molar-refractivity contribution in [2.45, 2.75) is 38.1 Å². The quantitative estimate of drug-likeness (QED) is 0.906. The van der Waals surface area contributed by atoms with E-state index in [1.165, 1.54) is 12.0 Å². The molecule has 0 spiro atoms. The molecule has 0 radical (unpaired) electrons. The summed E-state index contributed by atoms with van der Waals surface area (Å²) >= 11 is 0. The van der Waals surface area contributed by atoms with Gasteiger partial charge in [-0.05, 0) is 43.9 Å². The third-order valence-electron chi connectivity index (χ3n) is 4.44. The molecule has 1 aromatic rings. The highest BCUT2D eigenvalue weighted by Crippen LogP contribution is 2.22. The van der Waals surface area contributed by atoms with Crippen LogP contribution < -0.4 is 5.32 Å². The van der Waals surface area contributed by atoms with Gasteiger partial charge in [0.15, 0.2) is 0 Å². The number of nitrogens with one attached hydrogen (secondary N) is 1. The van der Waals surface area contributed by atoms with Crippen molar-refractivity contribution < 1.29 is 4.79 Å². The van der Waals surface area contributed by atoms with Gasteiger partial charge in [-0.1, -0.05) is 12.5 Å². The molecule has 0 aromatic carbocycles. The number of pyridine rings is 1. The van der Waals surface area contributed by atoms with Gasteiger partial charge in [-0.2, -0.15) is 0 Å². The molecule has 1 amide bonds. The minimum absolute atomic E-state index is 0.209. The Kier molecular flexibility index (Phi) is 4.31. The van der Waals surface area contributed by atoms with Gasteiger partial charge < -0.3 is 10.2 Å². The standard InChI is InChI=1S/C16H23N3O/c20-16-14-6-1-7-15(18-16)12-19(11-14)9-3-5-13-4-2-8-17-10-13/h2,4,8,10,14-15H,1,3,5-7,9,11-12H2,(H,18,20)/t14-,15+/m1/s1. The van der Waals surface area contributed by atoms with E-state index in [1.54, 1.807) is 0 Å². The van der Waals surface area contributed by atoms with Gasteiger partial charge in [-0.25, -0.2) is 0 Å². The first-order valence-electron chi connectivity index (χ1n) is 7.73. The number of carbonyl (C=O) groups is 1. The van der Waals surface area contributed by atoms with Crippen LogP contribution in [0.3, 0.4) is 0 Å². The van der Waals surface area contributed by atoms with E-state index in [0.29, 0.717) is 6.04 Å². The molecule has 1 aromatic heterocycles. The van der Waals surface area contributed by atoms with E-state index in [4.69, 9.17) is 0 Å². The second kappa shape index (κ2) is 6.35. The Hall–Kier alpha value is -1.42. The molecule has 4 nitrogen and oxygen atoms in total. The number of rotatable bonds is 4. The molecule has 2 atom stereocenters. The Morgan fingerprint density at radius 1 is 1.35 bits per heavy atom. The van der Waals surface area contributed by atoms with Gasteiger partial charge in [0.2, 0.25) is 5.91 Å². The van der Waals surface area contributed by atoms with E-state index in [-0.39, 0.29) is 11.8 Å². The smallest absolute Gasteiger partial charge is 0.224 e. The molecule has 0 saturated carbocycles. The first-order chi connectivity index (χ1) is 9.81. The van der Waals surface area contributed by atoms with Crippen molar-refractivity contribution in [2.75, 3.05) is 19.6 Å². The molecular weight excluding hydrogens is 250 g/mol. The molecule has 3 rings (SSSR count). The number of nitrogens with zero attached hydrogens (tertiary/aromatic N) is 2. The van der Waals surface area contributed by atoms with E-state index < -0.39 is 0 Å². The van der Waals surface area contributed by atoms with Gasteiger partial charge in [-0.15, -0.1) is 0 Å². The van der Waals surface area contributed by atoms with Crippen LogP contribution in [0, 0.1) is 5.92 Å². The van der Waals surface area contributed by atoms with Gasteiger partial charge >= 0.3 is 0 Å². The first-order valence-corrected chi connectivity index (χ1v) is 7.73. The van der Waals surface area contributed by atoms with Gasteiger partial charge in [0, 0.05) is 31.5 Å². The van der Waals surface area contributed by atoms with Gasteiger partial charge in [-0.3, -0.25) is 9.78 Å². The van der Waals surface area contributed by atoms with E-state index in [2.05, 4.69) is 21.3 Å². The zero-order valence-electron chi connectivity index (χ0n) is 11.9. The van der Waals surface area contributed by atoms with E-state index >= 15 is 0 Å². The molecule has 0 unspecified atom stereocenters. The van der Waals surface area contributed by atoms with Crippen molar-refractivity contribution in [3.8, 4) is 0 Å². The van der Waals surface area contributed by atoms with Crippen LogP contribution in [0.1, 0.15) is 31.2 Å². The topological polar surface area (TPSA) is 45.2 Å². The lowest BCUT2D eigenvalue weighted by molar-refractivity contribution is -0.124. The molecule has 0 aliphatic carbocycles. The molecule has 2 saturated heterocycles. The summed E-state index contributed by atoms with van der Waals surface area (Å²) in [6.07, 6.45) is 9.36. The normalized spacial score (nSPS) is 26.9. The SMILES string of the molecule is O=C1N[C@H]2CCC[C@@H]1CN(CCCc1cccnc1)C2. The highest BCUT2D eigenvalue weighted by atomic mass is 16.2. The molecular formula is C16H23N3O. The fourth-order valence-corrected chi connectivity index (χ4v) is 3.38. The predicted octanol–water partition coefficient (Wildman–Crippen LogP) is 1.61. The molecule has 4 heteroatoms. The minimum Gasteiger partial charge on any atom is -0.352 e. The van der Waals surface area contributed by atoms with E-state index in [0.717, 1.165) is 45.3 Å². The van der Waals surface area contributed by atoms with Crippen LogP contribution in [0.15, 0.2) is 24.5 Å². The number of hydrogen-bond acceptors (Lipinski definition) is 3. The van der Waals surface area contributed by atoms with Crippen LogP contribution in [-0.2, 0) is 11.2 Å². The second-order valence-electron chi connectivity index (χ2n) is 6.06. The van der Waals surface area contributed by atoms with Crippen LogP contribution >= 0.6 is 0 Å². The summed E-state index contributed by atoms with van der Waals surface area (Å²) in [5.41, 5.74) is 1.30. The van der Waals surface area contributed by atoms with Crippen LogP contribution in [-0.4, -0.2) is 41.5 Å². The first kappa shape index (κ1) is 13.6. The second-order valence-corrected chi connectivity index (χ2v) is 6.06. The van der Waals surface area contributed by atoms with E-state index in [1.807, 2.05) is 18.5 Å². The van der Waals surface area contributed by atoms with Crippen molar-refractivity contribution in [2.24, 2.45) is 5.92 Å². The summed E-state index contributed by atoms with van der Waals surface area (Å²) in [7, 11) is 0. The molecule has 108 valence electrons. The third kappa shape index (κ3) is 3.37. The zero-order valence-corrected chi connectivity index (χ0v) is 11.9. The molecule has 3 heterocycles. The molecule has 1 N–H and O–H groups in total. The summed E-state index contributed by atoms with van der Waals surface area (Å²) in [4.78, 5) is 18.6. The van der Waals surface area contributed by atoms with Crippen LogP contribution in [0.25, 0.3) is 0 Å². The lowest BCUT2D eigenvalue weighted by Gasteiger charge is -2.27. The Balaban J connectivity index is 1.52. The van der Waals surface area contributed by atoms with Gasteiger partial charge in [0.25, 0.3) is 0 Å². The Morgan fingerprint density at radius 2 is 2.30 bits per heavy atom. The van der Waals surface area contributed by atoms with Crippen molar-refractivity contribution >= 4 is 5.91 Å². The Bertz CT molecular complexity index is 448. The van der Waals surface area contributed by atoms with Crippen LogP contribution in [0.5, 0.6) is 0 Å². The number of likely N-dealkylation sites (tertiary alicyclic amines) is 1. The number of aryl methyl sites for hydroxylation is 1. The van der Waals surface area contributed by atoms with Crippen molar-refractivity contribution in [1.29, 1.82) is 0 Å². The average Bonchev–Trinajstić information content (AvgIpc) is 2.69. The van der Waals surface area contributed by atoms with Crippen LogP contribution in [0.2, 0.25) is 0 Å². The molecule has 2 aliphatic heterocycles. The van der Waals surface area contributed by atoms with Gasteiger partial charge in [0.05, 0.1) is 5.92 Å². The summed E-state index contributed by atoms with van der Waals surface area (Å²) in [6.45, 7) is 3.04. The summed E-state index contributed by atoms with van der Waals surface area (Å²) in [5.74, 6) is 0.489. The molecule has 20 heavy (non-hydrogen) atoms. The number of aromatic nitrogens is 1. The molecule has 2 bridgehead atoms. The fourth-order valence-electron chi connectivity index (χ4n) is 3.38. The zero-order chi connectivity index (χ0) is 13.8. The molecule has 2 fully saturated rings. The van der Waals surface area contributed by atoms with Crippen molar-refractivity contribution in [1.82, 2.24) is 15.2 Å². The number of fused-ring (bicyclic) bond motifs is 3. The number of carbonyl (C=O) groups excluding carboxylic acids is 1. The predicted molar refractivity (Wildman–Crippen MR) is 78.3 cm³/mol. The lowest BCUT2D eigenvalue weighted by Crippen LogP contribution is -2.39. The number of hydrogen-bond donors (Lipinski definition) is 1. The Labute approximate surface area is 120 Å². The maximum Gasteiger partial charge on any atom is 0.224 e.